The van der Waals surface area contributed by atoms with E-state index in [2.05, 4.69) is 29.1 Å². The lowest BCUT2D eigenvalue weighted by molar-refractivity contribution is -0.288. The smallest absolute Gasteiger partial charge is 0.411 e. The minimum atomic E-state index is -6.35. The number of hydrogen-bond donors (Lipinski definition) is 0. The maximum absolute atomic E-state index is 15.9. The summed E-state index contributed by atoms with van der Waals surface area (Å²) in [7, 11) is 0. The molecule has 0 saturated carbocycles. The molecule has 2 heterocycles. The highest BCUT2D eigenvalue weighted by atomic mass is 79.9. The number of nitrogens with zero attached hydrogens (tertiary/aromatic N) is 2. The van der Waals surface area contributed by atoms with Crippen LogP contribution in [0.2, 0.25) is 0 Å². The van der Waals surface area contributed by atoms with Crippen LogP contribution in [0, 0.1) is 0 Å². The molecule has 2 aliphatic heterocycles. The fourth-order valence-electron chi connectivity index (χ4n) is 7.83. The molecule has 0 aliphatic carbocycles. The number of halogens is 7. The summed E-state index contributed by atoms with van der Waals surface area (Å²) in [5.41, 5.74) is -11.0. The predicted octanol–water partition coefficient (Wildman–Crippen LogP) is 9.95. The molecule has 6 aromatic rings. The molecule has 17 heteroatoms. The quantitative estimate of drug-likeness (QED) is 0.0486. The lowest BCUT2D eigenvalue weighted by Crippen LogP contribution is -2.55. The van der Waals surface area contributed by atoms with Crippen molar-refractivity contribution in [2.75, 3.05) is 9.80 Å². The zero-order chi connectivity index (χ0) is 44.6. The minimum Gasteiger partial charge on any atom is -0.421 e. The van der Waals surface area contributed by atoms with Gasteiger partial charge < -0.3 is 9.47 Å². The van der Waals surface area contributed by atoms with Crippen LogP contribution in [0.4, 0.5) is 37.7 Å². The Morgan fingerprint density at radius 1 is 0.548 bits per heavy atom. The number of ether oxygens (including phenoxy) is 2. The number of imide groups is 2. The third-order valence-corrected chi connectivity index (χ3v) is 11.2. The van der Waals surface area contributed by atoms with Crippen molar-refractivity contribution < 1.29 is 64.6 Å². The number of esters is 2. The largest absolute Gasteiger partial charge is 0.421 e. The maximum atomic E-state index is 15.9. The topological polar surface area (TPSA) is 127 Å². The second-order valence-electron chi connectivity index (χ2n) is 13.8. The molecule has 0 unspecified atom stereocenters. The van der Waals surface area contributed by atoms with E-state index in [1.165, 1.54) is 48.5 Å². The van der Waals surface area contributed by atoms with E-state index in [0.717, 1.165) is 0 Å². The molecule has 0 radical (unpaired) electrons. The van der Waals surface area contributed by atoms with Crippen LogP contribution in [0.25, 0.3) is 21.5 Å². The van der Waals surface area contributed by atoms with Gasteiger partial charge in [-0.05, 0) is 76.5 Å². The van der Waals surface area contributed by atoms with Crippen molar-refractivity contribution in [1.82, 2.24) is 0 Å². The fourth-order valence-corrected chi connectivity index (χ4v) is 8.30. The van der Waals surface area contributed by atoms with Gasteiger partial charge in [0, 0.05) is 49.7 Å². The predicted molar refractivity (Wildman–Crippen MR) is 215 cm³/mol. The lowest BCUT2D eigenvalue weighted by atomic mass is 9.72. The van der Waals surface area contributed by atoms with E-state index < -0.39 is 87.3 Å². The fraction of sp³-hybridized carbons (Fsp3) is 0.0667. The molecular weight excluding hydrogens is 890 g/mol. The van der Waals surface area contributed by atoms with Gasteiger partial charge in [0.1, 0.15) is 0 Å². The Morgan fingerprint density at radius 3 is 1.37 bits per heavy atom. The number of anilines is 2. The maximum Gasteiger partial charge on any atom is 0.411 e. The Morgan fingerprint density at radius 2 is 0.952 bits per heavy atom. The van der Waals surface area contributed by atoms with E-state index in [1.54, 1.807) is 18.2 Å². The highest BCUT2D eigenvalue weighted by molar-refractivity contribution is 9.10. The molecule has 0 fully saturated rings. The number of rotatable bonds is 8. The summed E-state index contributed by atoms with van der Waals surface area (Å²) < 4.78 is 107. The van der Waals surface area contributed by atoms with Crippen LogP contribution in [0.15, 0.2) is 133 Å². The van der Waals surface area contributed by atoms with Crippen molar-refractivity contribution in [3.8, 4) is 11.5 Å². The van der Waals surface area contributed by atoms with Gasteiger partial charge in [-0.3, -0.25) is 19.2 Å². The normalized spacial score (nSPS) is 14.0. The van der Waals surface area contributed by atoms with E-state index in [1.807, 2.05) is 0 Å². The number of carbonyl (C=O) groups is 6. The Labute approximate surface area is 353 Å². The van der Waals surface area contributed by atoms with Crippen LogP contribution < -0.4 is 19.3 Å². The van der Waals surface area contributed by atoms with Crippen LogP contribution in [-0.2, 0) is 15.0 Å². The zero-order valence-electron chi connectivity index (χ0n) is 31.2. The first kappa shape index (κ1) is 41.3. The summed E-state index contributed by atoms with van der Waals surface area (Å²) in [5.74, 6) is -8.78. The molecule has 0 saturated heterocycles. The molecule has 0 bridgehead atoms. The van der Waals surface area contributed by atoms with Gasteiger partial charge in [0.2, 0.25) is 5.41 Å². The van der Waals surface area contributed by atoms with E-state index in [-0.39, 0.29) is 45.2 Å². The average molecular weight is 914 g/mol. The van der Waals surface area contributed by atoms with Gasteiger partial charge in [-0.15, -0.1) is 0 Å². The average Bonchev–Trinajstić information content (AvgIpc) is 3.23. The molecule has 310 valence electrons. The highest BCUT2D eigenvalue weighted by Gasteiger charge is 2.73. The summed E-state index contributed by atoms with van der Waals surface area (Å²) in [6.07, 6.45) is -11.4. The van der Waals surface area contributed by atoms with Gasteiger partial charge >= 0.3 is 24.3 Å². The first-order valence-corrected chi connectivity index (χ1v) is 18.8. The Kier molecular flexibility index (Phi) is 9.77. The number of hydrogen-bond acceptors (Lipinski definition) is 8. The van der Waals surface area contributed by atoms with Gasteiger partial charge in [-0.25, -0.2) is 19.4 Å². The monoisotopic (exact) mass is 912 g/mol. The van der Waals surface area contributed by atoms with Crippen LogP contribution in [-0.4, -0.2) is 47.9 Å². The van der Waals surface area contributed by atoms with Crippen LogP contribution >= 0.6 is 15.9 Å². The van der Waals surface area contributed by atoms with Crippen LogP contribution in [0.5, 0.6) is 11.5 Å². The molecule has 2 aliphatic rings. The van der Waals surface area contributed by atoms with E-state index in [9.17, 15) is 28.8 Å². The summed E-state index contributed by atoms with van der Waals surface area (Å²) in [5, 5.41) is 1.13. The summed E-state index contributed by atoms with van der Waals surface area (Å²) in [6, 6.07) is 18.0. The third-order valence-electron chi connectivity index (χ3n) is 10.5. The molecule has 62 heavy (non-hydrogen) atoms. The number of carbonyl (C=O) groups excluding carboxylic acids is 6. The standard InChI is InChI=1S/C45H23BrF6N2O8/c1-3-35(55)61-33-18-14-23(20-31(33)53-39(57)26-11-5-8-22-9-6-12-27(37(22)26)40(53)58)43(44(47,48)49,45(50,51)52)24-15-19-34(62-36(56)4-2)32(21-24)54-41(59)28-13-7-10-25-30(46)17-16-29(38(25)28)42(54)60/h3-21H,1-2H2. The van der Waals surface area contributed by atoms with E-state index in [0.29, 0.717) is 61.5 Å². The summed E-state index contributed by atoms with van der Waals surface area (Å²) in [4.78, 5) is 82.3. The van der Waals surface area contributed by atoms with Gasteiger partial charge in [0.15, 0.2) is 11.5 Å². The van der Waals surface area contributed by atoms with E-state index in [4.69, 9.17) is 9.47 Å². The molecule has 0 atom stereocenters. The Balaban J connectivity index is 1.39. The van der Waals surface area contributed by atoms with Crippen molar-refractivity contribution in [1.29, 1.82) is 0 Å². The van der Waals surface area contributed by atoms with Gasteiger partial charge in [-0.1, -0.05) is 77.6 Å². The number of alkyl halides is 6. The van der Waals surface area contributed by atoms with Gasteiger partial charge in [-0.2, -0.15) is 26.3 Å². The van der Waals surface area contributed by atoms with Crippen molar-refractivity contribution in [2.45, 2.75) is 17.8 Å². The SMILES string of the molecule is C=CC(=O)Oc1ccc(C(c2ccc(OC(=O)C=C)c(N3C(=O)c4cccc5c(Br)ccc(c45)C3=O)c2)(C(F)(F)F)C(F)(F)F)cc1N1C(=O)c2cccc3cccc(c23)C1=O. The molecule has 6 aromatic carbocycles. The van der Waals surface area contributed by atoms with E-state index >= 15 is 26.3 Å². The second-order valence-corrected chi connectivity index (χ2v) is 14.6. The molecule has 0 aromatic heterocycles. The zero-order valence-corrected chi connectivity index (χ0v) is 32.8. The van der Waals surface area contributed by atoms with Crippen molar-refractivity contribution >= 4 is 84.4 Å². The van der Waals surface area contributed by atoms with Gasteiger partial charge in [0.05, 0.1) is 11.4 Å². The van der Waals surface area contributed by atoms with Crippen LogP contribution in [0.3, 0.4) is 0 Å². The molecule has 10 nitrogen and oxygen atoms in total. The summed E-state index contributed by atoms with van der Waals surface area (Å²) in [6.45, 7) is 6.50. The Hall–Kier alpha value is -7.40. The lowest BCUT2D eigenvalue weighted by Gasteiger charge is -2.39. The Bertz CT molecular complexity index is 2960. The molecule has 8 rings (SSSR count). The van der Waals surface area contributed by atoms with Crippen molar-refractivity contribution in [3.05, 3.63) is 166 Å². The molecular formula is C45H23BrF6N2O8. The first-order chi connectivity index (χ1) is 29.3. The summed E-state index contributed by atoms with van der Waals surface area (Å²) >= 11 is 3.34. The van der Waals surface area contributed by atoms with Crippen molar-refractivity contribution in [3.63, 3.8) is 0 Å². The third kappa shape index (κ3) is 6.09. The van der Waals surface area contributed by atoms with Gasteiger partial charge in [0.25, 0.3) is 23.6 Å². The van der Waals surface area contributed by atoms with Crippen LogP contribution in [0.1, 0.15) is 52.6 Å². The highest BCUT2D eigenvalue weighted by Crippen LogP contribution is 2.58. The molecule has 4 amide bonds. The molecule has 0 spiro atoms. The molecule has 0 N–H and O–H groups in total. The second kappa shape index (κ2) is 14.7. The minimum absolute atomic E-state index is 0.138. The number of benzene rings is 6. The first-order valence-electron chi connectivity index (χ1n) is 18.0. The van der Waals surface area contributed by atoms with Crippen molar-refractivity contribution in [2.24, 2.45) is 0 Å². The number of amides is 4.